The second-order valence-corrected chi connectivity index (χ2v) is 5.32. The molecule has 0 radical (unpaired) electrons. The fourth-order valence-electron chi connectivity index (χ4n) is 2.58. The lowest BCUT2D eigenvalue weighted by molar-refractivity contribution is -0.385. The van der Waals surface area contributed by atoms with Gasteiger partial charge in [-0.2, -0.15) is 0 Å². The van der Waals surface area contributed by atoms with Gasteiger partial charge in [0.15, 0.2) is 0 Å². The van der Waals surface area contributed by atoms with Gasteiger partial charge >= 0.3 is 5.97 Å². The maximum Gasteiger partial charge on any atom is 0.311 e. The Morgan fingerprint density at radius 3 is 2.85 bits per heavy atom. The van der Waals surface area contributed by atoms with Gasteiger partial charge in [0.05, 0.1) is 10.3 Å². The number of hydrogen-bond acceptors (Lipinski definition) is 5. The van der Waals surface area contributed by atoms with Crippen LogP contribution in [0.2, 0.25) is 0 Å². The largest absolute Gasteiger partial charge is 0.481 e. The average Bonchev–Trinajstić information content (AvgIpc) is 2.42. The normalized spacial score (nSPS) is 25.9. The Balaban J connectivity index is 2.15. The molecule has 0 aliphatic heterocycles. The molecule has 7 nitrogen and oxygen atoms in total. The van der Waals surface area contributed by atoms with Crippen LogP contribution >= 0.6 is 0 Å². The molecule has 0 saturated heterocycles. The minimum atomic E-state index is -0.832. The Morgan fingerprint density at radius 2 is 2.30 bits per heavy atom. The zero-order chi connectivity index (χ0) is 14.8. The molecule has 0 aromatic carbocycles. The molecule has 1 aromatic heterocycles. The van der Waals surface area contributed by atoms with E-state index in [0.29, 0.717) is 12.2 Å². The molecule has 1 aliphatic rings. The summed E-state index contributed by atoms with van der Waals surface area (Å²) in [6.07, 6.45) is 4.40. The van der Waals surface area contributed by atoms with Crippen LogP contribution in [0.3, 0.4) is 0 Å². The van der Waals surface area contributed by atoms with Crippen molar-refractivity contribution in [1.82, 2.24) is 4.98 Å². The van der Waals surface area contributed by atoms with Gasteiger partial charge in [-0.05, 0) is 25.8 Å². The summed E-state index contributed by atoms with van der Waals surface area (Å²) in [7, 11) is 0. The number of carboxylic acids is 1. The van der Waals surface area contributed by atoms with Gasteiger partial charge in [-0.1, -0.05) is 12.8 Å². The fraction of sp³-hybridized carbons (Fsp3) is 0.538. The van der Waals surface area contributed by atoms with E-state index in [1.165, 1.54) is 18.3 Å². The van der Waals surface area contributed by atoms with E-state index in [9.17, 15) is 20.0 Å². The monoisotopic (exact) mass is 279 g/mol. The number of rotatable bonds is 4. The minimum Gasteiger partial charge on any atom is -0.481 e. The smallest absolute Gasteiger partial charge is 0.311 e. The molecule has 2 atom stereocenters. The van der Waals surface area contributed by atoms with Crippen molar-refractivity contribution in [2.75, 3.05) is 5.32 Å². The van der Waals surface area contributed by atoms with Gasteiger partial charge in [-0.25, -0.2) is 4.98 Å². The summed E-state index contributed by atoms with van der Waals surface area (Å²) in [5.74, 6) is -0.355. The summed E-state index contributed by atoms with van der Waals surface area (Å²) in [6, 6.07) is 2.65. The first-order valence-corrected chi connectivity index (χ1v) is 6.54. The van der Waals surface area contributed by atoms with Gasteiger partial charge in [0.25, 0.3) is 5.69 Å². The maximum absolute atomic E-state index is 11.5. The molecule has 2 rings (SSSR count). The first kappa shape index (κ1) is 14.2. The van der Waals surface area contributed by atoms with Crippen molar-refractivity contribution >= 4 is 17.5 Å². The maximum atomic E-state index is 11.5. The van der Waals surface area contributed by atoms with Crippen LogP contribution in [0, 0.1) is 15.5 Å². The molecule has 108 valence electrons. The predicted molar refractivity (Wildman–Crippen MR) is 72.5 cm³/mol. The van der Waals surface area contributed by atoms with Crippen molar-refractivity contribution in [2.45, 2.75) is 38.6 Å². The first-order valence-electron chi connectivity index (χ1n) is 6.54. The van der Waals surface area contributed by atoms with Gasteiger partial charge < -0.3 is 10.4 Å². The molecule has 1 heterocycles. The standard InChI is InChI=1S/C13H17N3O4/c1-13(12(17)18)7-3-2-4-10(13)15-11-6-5-9(8-14-11)16(19)20/h5-6,8,10H,2-4,7H2,1H3,(H,14,15)(H,17,18). The van der Waals surface area contributed by atoms with Crippen LogP contribution in [0.15, 0.2) is 18.3 Å². The molecule has 0 spiro atoms. The average molecular weight is 279 g/mol. The van der Waals surface area contributed by atoms with E-state index >= 15 is 0 Å². The van der Waals surface area contributed by atoms with Gasteiger partial charge in [-0.3, -0.25) is 14.9 Å². The van der Waals surface area contributed by atoms with E-state index in [1.807, 2.05) is 0 Å². The van der Waals surface area contributed by atoms with Crippen LogP contribution in [0.1, 0.15) is 32.6 Å². The topological polar surface area (TPSA) is 105 Å². The Hall–Kier alpha value is -2.18. The van der Waals surface area contributed by atoms with E-state index in [2.05, 4.69) is 10.3 Å². The van der Waals surface area contributed by atoms with Crippen LogP contribution in [0.25, 0.3) is 0 Å². The number of hydrogen-bond donors (Lipinski definition) is 2. The summed E-state index contributed by atoms with van der Waals surface area (Å²) in [5, 5.41) is 23.1. The summed E-state index contributed by atoms with van der Waals surface area (Å²) < 4.78 is 0. The molecule has 1 aliphatic carbocycles. The molecule has 0 amide bonds. The molecule has 7 heteroatoms. The molecular weight excluding hydrogens is 262 g/mol. The van der Waals surface area contributed by atoms with Crippen molar-refractivity contribution in [3.63, 3.8) is 0 Å². The SMILES string of the molecule is CC1(C(=O)O)CCCCC1Nc1ccc([N+](=O)[O-])cn1. The van der Waals surface area contributed by atoms with E-state index in [0.717, 1.165) is 19.3 Å². The highest BCUT2D eigenvalue weighted by atomic mass is 16.6. The highest BCUT2D eigenvalue weighted by molar-refractivity contribution is 5.76. The first-order chi connectivity index (χ1) is 9.43. The highest BCUT2D eigenvalue weighted by Gasteiger charge is 2.43. The van der Waals surface area contributed by atoms with E-state index in [1.54, 1.807) is 6.92 Å². The van der Waals surface area contributed by atoms with E-state index < -0.39 is 16.3 Å². The molecular formula is C13H17N3O4. The van der Waals surface area contributed by atoms with Crippen molar-refractivity contribution in [2.24, 2.45) is 5.41 Å². The van der Waals surface area contributed by atoms with Crippen LogP contribution in [-0.4, -0.2) is 27.0 Å². The quantitative estimate of drug-likeness (QED) is 0.647. The summed E-state index contributed by atoms with van der Waals surface area (Å²) >= 11 is 0. The highest BCUT2D eigenvalue weighted by Crippen LogP contribution is 2.38. The molecule has 2 unspecified atom stereocenters. The molecule has 2 N–H and O–H groups in total. The number of anilines is 1. The number of aromatic nitrogens is 1. The zero-order valence-corrected chi connectivity index (χ0v) is 11.2. The Kier molecular flexibility index (Phi) is 3.87. The third kappa shape index (κ3) is 2.71. The number of nitrogens with one attached hydrogen (secondary N) is 1. The summed E-state index contributed by atoms with van der Waals surface area (Å²) in [6.45, 7) is 1.73. The minimum absolute atomic E-state index is 0.0832. The second kappa shape index (κ2) is 5.44. The van der Waals surface area contributed by atoms with Crippen LogP contribution < -0.4 is 5.32 Å². The Morgan fingerprint density at radius 1 is 1.55 bits per heavy atom. The zero-order valence-electron chi connectivity index (χ0n) is 11.2. The second-order valence-electron chi connectivity index (χ2n) is 5.32. The number of aliphatic carboxylic acids is 1. The predicted octanol–water partition coefficient (Wildman–Crippen LogP) is 2.44. The number of carbonyl (C=O) groups is 1. The molecule has 1 fully saturated rings. The van der Waals surface area contributed by atoms with Crippen molar-refractivity contribution in [3.8, 4) is 0 Å². The van der Waals surface area contributed by atoms with E-state index in [4.69, 9.17) is 0 Å². The van der Waals surface area contributed by atoms with Crippen molar-refractivity contribution in [3.05, 3.63) is 28.4 Å². The van der Waals surface area contributed by atoms with Gasteiger partial charge in [0, 0.05) is 12.1 Å². The van der Waals surface area contributed by atoms with E-state index in [-0.39, 0.29) is 11.7 Å². The van der Waals surface area contributed by atoms with Crippen LogP contribution in [0.4, 0.5) is 11.5 Å². The lowest BCUT2D eigenvalue weighted by Gasteiger charge is -2.38. The van der Waals surface area contributed by atoms with Crippen molar-refractivity contribution in [1.29, 1.82) is 0 Å². The lowest BCUT2D eigenvalue weighted by atomic mass is 9.71. The molecule has 20 heavy (non-hydrogen) atoms. The summed E-state index contributed by atoms with van der Waals surface area (Å²) in [5.41, 5.74) is -0.915. The third-order valence-corrected chi connectivity index (χ3v) is 3.98. The summed E-state index contributed by atoms with van der Waals surface area (Å²) in [4.78, 5) is 25.5. The number of carboxylic acid groups (broad SMARTS) is 1. The van der Waals surface area contributed by atoms with Gasteiger partial charge in [0.1, 0.15) is 12.0 Å². The Labute approximate surface area is 116 Å². The van der Waals surface area contributed by atoms with Crippen LogP contribution in [-0.2, 0) is 4.79 Å². The lowest BCUT2D eigenvalue weighted by Crippen LogP contribution is -2.46. The number of nitro groups is 1. The van der Waals surface area contributed by atoms with Gasteiger partial charge in [-0.15, -0.1) is 0 Å². The Bertz CT molecular complexity index is 517. The number of pyridine rings is 1. The van der Waals surface area contributed by atoms with Crippen LogP contribution in [0.5, 0.6) is 0 Å². The third-order valence-electron chi connectivity index (χ3n) is 3.98. The molecule has 1 aromatic rings. The molecule has 0 bridgehead atoms. The van der Waals surface area contributed by atoms with Crippen molar-refractivity contribution < 1.29 is 14.8 Å². The number of nitrogens with zero attached hydrogens (tertiary/aromatic N) is 2. The molecule has 1 saturated carbocycles. The fourth-order valence-corrected chi connectivity index (χ4v) is 2.58. The van der Waals surface area contributed by atoms with Gasteiger partial charge in [0.2, 0.25) is 0 Å².